The molecule has 1 aromatic heterocycles. The number of pyridine rings is 1. The Hall–Kier alpha value is -3.09. The summed E-state index contributed by atoms with van der Waals surface area (Å²) in [6, 6.07) is 14.3. The van der Waals surface area contributed by atoms with Crippen molar-refractivity contribution >= 4 is 11.9 Å². The molecule has 0 spiro atoms. The van der Waals surface area contributed by atoms with Gasteiger partial charge in [0.2, 0.25) is 5.91 Å². The second-order valence-electron chi connectivity index (χ2n) is 9.29. The average molecular weight is 451 g/mol. The van der Waals surface area contributed by atoms with Crippen LogP contribution in [0, 0.1) is 5.92 Å². The molecular weight excluding hydrogens is 416 g/mol. The van der Waals surface area contributed by atoms with Crippen molar-refractivity contribution in [3.05, 3.63) is 70.1 Å². The molecule has 3 heterocycles. The van der Waals surface area contributed by atoms with Gasteiger partial charge in [-0.05, 0) is 30.4 Å². The molecule has 0 aliphatic carbocycles. The van der Waals surface area contributed by atoms with Gasteiger partial charge in [0.15, 0.2) is 0 Å². The molecule has 2 N–H and O–H groups in total. The number of benzene rings is 1. The summed E-state index contributed by atoms with van der Waals surface area (Å²) in [5, 5.41) is 6.00. The van der Waals surface area contributed by atoms with E-state index in [1.54, 1.807) is 12.1 Å². The Labute approximate surface area is 195 Å². The molecule has 2 aliphatic rings. The first kappa shape index (κ1) is 23.1. The van der Waals surface area contributed by atoms with E-state index in [1.807, 2.05) is 45.9 Å². The van der Waals surface area contributed by atoms with E-state index in [-0.39, 0.29) is 29.3 Å². The topological polar surface area (TPSA) is 83.4 Å². The molecule has 7 heteroatoms. The molecule has 1 fully saturated rings. The molecule has 2 aromatic rings. The van der Waals surface area contributed by atoms with Crippen molar-refractivity contribution < 1.29 is 9.59 Å². The summed E-state index contributed by atoms with van der Waals surface area (Å²) in [6.45, 7) is 4.54. The van der Waals surface area contributed by atoms with Crippen LogP contribution in [0.5, 0.6) is 0 Å². The number of nitrogens with one attached hydrogen (secondary N) is 2. The number of amides is 3. The Morgan fingerprint density at radius 3 is 2.64 bits per heavy atom. The number of likely N-dealkylation sites (tertiary alicyclic amines) is 1. The highest BCUT2D eigenvalue weighted by Gasteiger charge is 2.37. The Morgan fingerprint density at radius 2 is 1.85 bits per heavy atom. The maximum atomic E-state index is 13.3. The van der Waals surface area contributed by atoms with Crippen LogP contribution in [-0.4, -0.2) is 47.1 Å². The zero-order valence-corrected chi connectivity index (χ0v) is 19.3. The Bertz CT molecular complexity index is 1020. The monoisotopic (exact) mass is 450 g/mol. The number of nitrogens with zero attached hydrogens (tertiary/aromatic N) is 2. The standard InChI is InChI=1S/C26H34N4O3/c1-2-3-7-13-27-25(32)22(15-19-9-5-4-6-10-19)28-26(33)29-16-20-14-21(18-29)23-11-8-12-24(31)30(23)17-20/h4-6,8-12,20-22H,2-3,7,13-18H2,1H3,(H,27,32)(H,28,33)/t20-,21+,22-/m0/s1. The lowest BCUT2D eigenvalue weighted by Crippen LogP contribution is -2.56. The molecule has 0 unspecified atom stereocenters. The van der Waals surface area contributed by atoms with Crippen LogP contribution in [0.3, 0.4) is 0 Å². The van der Waals surface area contributed by atoms with Gasteiger partial charge in [-0.15, -0.1) is 0 Å². The maximum absolute atomic E-state index is 13.3. The fourth-order valence-electron chi connectivity index (χ4n) is 5.07. The van der Waals surface area contributed by atoms with Crippen molar-refractivity contribution in [3.63, 3.8) is 0 Å². The fourth-order valence-corrected chi connectivity index (χ4v) is 5.07. The molecule has 33 heavy (non-hydrogen) atoms. The van der Waals surface area contributed by atoms with Crippen LogP contribution in [0.4, 0.5) is 4.79 Å². The molecule has 0 saturated carbocycles. The number of carbonyl (C=O) groups excluding carboxylic acids is 2. The number of piperidine rings is 1. The van der Waals surface area contributed by atoms with Crippen molar-refractivity contribution in [2.75, 3.05) is 19.6 Å². The minimum absolute atomic E-state index is 0.0303. The number of rotatable bonds is 8. The Morgan fingerprint density at radius 1 is 1.03 bits per heavy atom. The molecule has 176 valence electrons. The fraction of sp³-hybridized carbons (Fsp3) is 0.500. The third kappa shape index (κ3) is 5.64. The number of aromatic nitrogens is 1. The van der Waals surface area contributed by atoms with Gasteiger partial charge in [0.05, 0.1) is 0 Å². The second-order valence-corrected chi connectivity index (χ2v) is 9.29. The predicted molar refractivity (Wildman–Crippen MR) is 128 cm³/mol. The molecule has 3 amide bonds. The van der Waals surface area contributed by atoms with E-state index in [0.717, 1.165) is 36.9 Å². The Kier molecular flexibility index (Phi) is 7.47. The summed E-state index contributed by atoms with van der Waals surface area (Å²) in [6.07, 6.45) is 4.52. The van der Waals surface area contributed by atoms with Crippen LogP contribution in [0.15, 0.2) is 53.3 Å². The first-order valence-corrected chi connectivity index (χ1v) is 12.1. The van der Waals surface area contributed by atoms with Gasteiger partial charge in [0.25, 0.3) is 5.56 Å². The molecule has 2 bridgehead atoms. The zero-order chi connectivity index (χ0) is 23.2. The summed E-state index contributed by atoms with van der Waals surface area (Å²) in [4.78, 5) is 40.3. The summed E-state index contributed by atoms with van der Waals surface area (Å²) in [7, 11) is 0. The smallest absolute Gasteiger partial charge is 0.318 e. The number of unbranched alkanes of at least 4 members (excludes halogenated alkanes) is 2. The third-order valence-electron chi connectivity index (χ3n) is 6.74. The molecule has 1 saturated heterocycles. The van der Waals surface area contributed by atoms with E-state index >= 15 is 0 Å². The van der Waals surface area contributed by atoms with E-state index in [2.05, 4.69) is 17.6 Å². The highest BCUT2D eigenvalue weighted by atomic mass is 16.2. The minimum Gasteiger partial charge on any atom is -0.354 e. The van der Waals surface area contributed by atoms with Gasteiger partial charge in [-0.1, -0.05) is 56.2 Å². The maximum Gasteiger partial charge on any atom is 0.318 e. The van der Waals surface area contributed by atoms with Gasteiger partial charge in [0, 0.05) is 50.3 Å². The summed E-state index contributed by atoms with van der Waals surface area (Å²) in [5.41, 5.74) is 2.05. The summed E-state index contributed by atoms with van der Waals surface area (Å²) >= 11 is 0. The molecule has 7 nitrogen and oxygen atoms in total. The normalized spacial score (nSPS) is 20.0. The molecule has 3 atom stereocenters. The minimum atomic E-state index is -0.627. The summed E-state index contributed by atoms with van der Waals surface area (Å²) in [5.74, 6) is 0.252. The van der Waals surface area contributed by atoms with Gasteiger partial charge < -0.3 is 20.1 Å². The zero-order valence-electron chi connectivity index (χ0n) is 19.3. The first-order valence-electron chi connectivity index (χ1n) is 12.1. The molecule has 0 radical (unpaired) electrons. The number of hydrogen-bond acceptors (Lipinski definition) is 3. The van der Waals surface area contributed by atoms with Crippen molar-refractivity contribution in [3.8, 4) is 0 Å². The highest BCUT2D eigenvalue weighted by Crippen LogP contribution is 2.34. The van der Waals surface area contributed by atoms with E-state index in [9.17, 15) is 14.4 Å². The van der Waals surface area contributed by atoms with Crippen LogP contribution < -0.4 is 16.2 Å². The van der Waals surface area contributed by atoms with Gasteiger partial charge in [-0.25, -0.2) is 4.79 Å². The lowest BCUT2D eigenvalue weighted by Gasteiger charge is -2.43. The third-order valence-corrected chi connectivity index (χ3v) is 6.74. The van der Waals surface area contributed by atoms with Crippen LogP contribution in [0.2, 0.25) is 0 Å². The number of hydrogen-bond donors (Lipinski definition) is 2. The number of fused-ring (bicyclic) bond motifs is 4. The van der Waals surface area contributed by atoms with E-state index in [0.29, 0.717) is 32.6 Å². The largest absolute Gasteiger partial charge is 0.354 e. The highest BCUT2D eigenvalue weighted by molar-refractivity contribution is 5.87. The quantitative estimate of drug-likeness (QED) is 0.607. The average Bonchev–Trinajstić information content (AvgIpc) is 2.82. The van der Waals surface area contributed by atoms with Crippen LogP contribution in [0.1, 0.15) is 49.8 Å². The van der Waals surface area contributed by atoms with Crippen LogP contribution in [-0.2, 0) is 17.8 Å². The lowest BCUT2D eigenvalue weighted by molar-refractivity contribution is -0.123. The lowest BCUT2D eigenvalue weighted by atomic mass is 9.83. The van der Waals surface area contributed by atoms with Crippen molar-refractivity contribution in [1.29, 1.82) is 0 Å². The summed E-state index contributed by atoms with van der Waals surface area (Å²) < 4.78 is 1.86. The van der Waals surface area contributed by atoms with Gasteiger partial charge >= 0.3 is 6.03 Å². The molecule has 1 aromatic carbocycles. The van der Waals surface area contributed by atoms with Gasteiger partial charge in [-0.3, -0.25) is 9.59 Å². The molecule has 2 aliphatic heterocycles. The Balaban J connectivity index is 1.44. The van der Waals surface area contributed by atoms with E-state index < -0.39 is 6.04 Å². The second kappa shape index (κ2) is 10.7. The first-order chi connectivity index (χ1) is 16.0. The number of carbonyl (C=O) groups is 2. The van der Waals surface area contributed by atoms with Gasteiger partial charge in [0.1, 0.15) is 6.04 Å². The number of urea groups is 1. The van der Waals surface area contributed by atoms with Crippen molar-refractivity contribution in [2.45, 2.75) is 57.5 Å². The van der Waals surface area contributed by atoms with Crippen molar-refractivity contribution in [1.82, 2.24) is 20.1 Å². The van der Waals surface area contributed by atoms with E-state index in [1.165, 1.54) is 0 Å². The van der Waals surface area contributed by atoms with Crippen LogP contribution in [0.25, 0.3) is 0 Å². The molecule has 4 rings (SSSR count). The molecular formula is C26H34N4O3. The van der Waals surface area contributed by atoms with Gasteiger partial charge in [-0.2, -0.15) is 0 Å². The van der Waals surface area contributed by atoms with Crippen molar-refractivity contribution in [2.24, 2.45) is 5.92 Å². The SMILES string of the molecule is CCCCCNC(=O)[C@H](Cc1ccccc1)NC(=O)N1C[C@@H]2C[C@H](C1)c1cccc(=O)n1C2. The van der Waals surface area contributed by atoms with E-state index in [4.69, 9.17) is 0 Å². The van der Waals surface area contributed by atoms with Crippen LogP contribution >= 0.6 is 0 Å². The predicted octanol–water partition coefficient (Wildman–Crippen LogP) is 2.89.